The van der Waals surface area contributed by atoms with Crippen molar-refractivity contribution in [1.82, 2.24) is 0 Å². The molecule has 0 radical (unpaired) electrons. The summed E-state index contributed by atoms with van der Waals surface area (Å²) >= 11 is 0. The Morgan fingerprint density at radius 3 is 2.42 bits per heavy atom. The fraction of sp³-hybridized carbons (Fsp3) is 0.562. The predicted molar refractivity (Wildman–Crippen MR) is 80.3 cm³/mol. The molecule has 19 heavy (non-hydrogen) atoms. The quantitative estimate of drug-likeness (QED) is 0.815. The number of benzene rings is 1. The minimum atomic E-state index is 0.0996. The first-order chi connectivity index (χ1) is 8.75. The van der Waals surface area contributed by atoms with E-state index in [4.69, 9.17) is 4.74 Å². The molecule has 0 aliphatic rings. The maximum Gasteiger partial charge on any atom is 0.142 e. The Morgan fingerprint density at radius 2 is 1.95 bits per heavy atom. The van der Waals surface area contributed by atoms with Crippen LogP contribution in [0.2, 0.25) is 0 Å². The van der Waals surface area contributed by atoms with Gasteiger partial charge in [-0.05, 0) is 30.0 Å². The highest BCUT2D eigenvalue weighted by Crippen LogP contribution is 2.33. The van der Waals surface area contributed by atoms with E-state index >= 15 is 0 Å². The summed E-state index contributed by atoms with van der Waals surface area (Å²) in [4.78, 5) is 13.2. The van der Waals surface area contributed by atoms with Gasteiger partial charge >= 0.3 is 0 Å². The summed E-state index contributed by atoms with van der Waals surface area (Å²) in [5, 5.41) is 0. The molecule has 0 saturated heterocycles. The molecule has 0 spiro atoms. The van der Waals surface area contributed by atoms with Crippen molar-refractivity contribution in [2.24, 2.45) is 0 Å². The standard InChI is InChI=1S/C16H25NO2/c1-12(18)9-10-17(5)14-11-13(16(2,3)4)7-8-15(14)19-6/h7-8,11H,9-10H2,1-6H3. The molecular weight excluding hydrogens is 238 g/mol. The summed E-state index contributed by atoms with van der Waals surface area (Å²) in [6.07, 6.45) is 0.555. The summed E-state index contributed by atoms with van der Waals surface area (Å²) in [5.74, 6) is 1.05. The fourth-order valence-electron chi connectivity index (χ4n) is 1.90. The third kappa shape index (κ3) is 4.27. The van der Waals surface area contributed by atoms with Gasteiger partial charge in [0.25, 0.3) is 0 Å². The Labute approximate surface area is 116 Å². The van der Waals surface area contributed by atoms with Crippen LogP contribution in [0.25, 0.3) is 0 Å². The Kier molecular flexibility index (Phi) is 4.98. The van der Waals surface area contributed by atoms with Crippen molar-refractivity contribution in [3.63, 3.8) is 0 Å². The third-order valence-electron chi connectivity index (χ3n) is 3.26. The number of ether oxygens (including phenoxy) is 1. The molecule has 0 aromatic heterocycles. The smallest absolute Gasteiger partial charge is 0.142 e. The largest absolute Gasteiger partial charge is 0.495 e. The second-order valence-electron chi connectivity index (χ2n) is 6.01. The molecule has 0 N–H and O–H groups in total. The predicted octanol–water partition coefficient (Wildman–Crippen LogP) is 3.41. The maximum atomic E-state index is 11.1. The Bertz CT molecular complexity index is 447. The molecule has 3 nitrogen and oxygen atoms in total. The molecule has 0 fully saturated rings. The Balaban J connectivity index is 3.05. The van der Waals surface area contributed by atoms with Gasteiger partial charge in [-0.25, -0.2) is 0 Å². The fourth-order valence-corrected chi connectivity index (χ4v) is 1.90. The van der Waals surface area contributed by atoms with Crippen LogP contribution in [0, 0.1) is 0 Å². The van der Waals surface area contributed by atoms with Crippen LogP contribution in [0.5, 0.6) is 5.75 Å². The summed E-state index contributed by atoms with van der Waals surface area (Å²) < 4.78 is 5.41. The SMILES string of the molecule is COc1ccc(C(C)(C)C)cc1N(C)CCC(C)=O. The van der Waals surface area contributed by atoms with E-state index in [0.717, 1.165) is 11.4 Å². The van der Waals surface area contributed by atoms with Gasteiger partial charge in [0.2, 0.25) is 0 Å². The number of rotatable bonds is 5. The monoisotopic (exact) mass is 263 g/mol. The van der Waals surface area contributed by atoms with Crippen LogP contribution in [-0.4, -0.2) is 26.5 Å². The number of carbonyl (C=O) groups is 1. The third-order valence-corrected chi connectivity index (χ3v) is 3.26. The molecule has 0 aliphatic heterocycles. The average molecular weight is 263 g/mol. The van der Waals surface area contributed by atoms with E-state index in [1.54, 1.807) is 14.0 Å². The molecule has 0 atom stereocenters. The van der Waals surface area contributed by atoms with E-state index in [-0.39, 0.29) is 11.2 Å². The van der Waals surface area contributed by atoms with Crippen molar-refractivity contribution in [3.05, 3.63) is 23.8 Å². The molecule has 0 bridgehead atoms. The van der Waals surface area contributed by atoms with Crippen LogP contribution in [0.4, 0.5) is 5.69 Å². The van der Waals surface area contributed by atoms with Gasteiger partial charge in [0.15, 0.2) is 0 Å². The lowest BCUT2D eigenvalue weighted by molar-refractivity contribution is -0.116. The molecule has 106 valence electrons. The van der Waals surface area contributed by atoms with Crippen molar-refractivity contribution in [2.45, 2.75) is 39.5 Å². The highest BCUT2D eigenvalue weighted by molar-refractivity contribution is 5.76. The maximum absolute atomic E-state index is 11.1. The van der Waals surface area contributed by atoms with Gasteiger partial charge in [-0.2, -0.15) is 0 Å². The zero-order valence-electron chi connectivity index (χ0n) is 12.9. The zero-order valence-corrected chi connectivity index (χ0v) is 12.9. The van der Waals surface area contributed by atoms with Gasteiger partial charge in [-0.1, -0.05) is 26.8 Å². The molecule has 1 aromatic carbocycles. The van der Waals surface area contributed by atoms with Crippen molar-refractivity contribution >= 4 is 11.5 Å². The normalized spacial score (nSPS) is 11.3. The van der Waals surface area contributed by atoms with Crippen LogP contribution in [-0.2, 0) is 10.2 Å². The topological polar surface area (TPSA) is 29.5 Å². The second kappa shape index (κ2) is 6.09. The number of hydrogen-bond acceptors (Lipinski definition) is 3. The summed E-state index contributed by atoms with van der Waals surface area (Å²) in [7, 11) is 3.67. The highest BCUT2D eigenvalue weighted by Gasteiger charge is 2.17. The minimum Gasteiger partial charge on any atom is -0.495 e. The van der Waals surface area contributed by atoms with E-state index in [1.807, 2.05) is 13.1 Å². The average Bonchev–Trinajstić information content (AvgIpc) is 2.33. The number of anilines is 1. The van der Waals surface area contributed by atoms with Crippen LogP contribution in [0.1, 0.15) is 39.7 Å². The molecule has 0 saturated carbocycles. The summed E-state index contributed by atoms with van der Waals surface area (Å²) in [6.45, 7) is 8.90. The lowest BCUT2D eigenvalue weighted by Gasteiger charge is -2.25. The number of Topliss-reactive ketones (excluding diaryl/α,β-unsaturated/α-hetero) is 1. The Morgan fingerprint density at radius 1 is 1.32 bits per heavy atom. The lowest BCUT2D eigenvalue weighted by atomic mass is 9.86. The number of methoxy groups -OCH3 is 1. The zero-order chi connectivity index (χ0) is 14.6. The van der Waals surface area contributed by atoms with E-state index in [9.17, 15) is 4.79 Å². The van der Waals surface area contributed by atoms with Crippen molar-refractivity contribution in [3.8, 4) is 5.75 Å². The van der Waals surface area contributed by atoms with Gasteiger partial charge in [-0.3, -0.25) is 4.79 Å². The second-order valence-corrected chi connectivity index (χ2v) is 6.01. The van der Waals surface area contributed by atoms with Crippen molar-refractivity contribution in [2.75, 3.05) is 25.6 Å². The van der Waals surface area contributed by atoms with Gasteiger partial charge in [0.05, 0.1) is 12.8 Å². The van der Waals surface area contributed by atoms with E-state index in [0.29, 0.717) is 13.0 Å². The summed E-state index contributed by atoms with van der Waals surface area (Å²) in [6, 6.07) is 6.25. The van der Waals surface area contributed by atoms with E-state index in [2.05, 4.69) is 37.8 Å². The van der Waals surface area contributed by atoms with Crippen LogP contribution < -0.4 is 9.64 Å². The molecular formula is C16H25NO2. The van der Waals surface area contributed by atoms with Crippen LogP contribution in [0.3, 0.4) is 0 Å². The van der Waals surface area contributed by atoms with Gasteiger partial charge < -0.3 is 9.64 Å². The van der Waals surface area contributed by atoms with E-state index in [1.165, 1.54) is 5.56 Å². The first kappa shape index (κ1) is 15.5. The lowest BCUT2D eigenvalue weighted by Crippen LogP contribution is -2.22. The van der Waals surface area contributed by atoms with Crippen LogP contribution >= 0.6 is 0 Å². The van der Waals surface area contributed by atoms with Gasteiger partial charge in [0, 0.05) is 20.0 Å². The minimum absolute atomic E-state index is 0.0996. The highest BCUT2D eigenvalue weighted by atomic mass is 16.5. The molecule has 0 unspecified atom stereocenters. The molecule has 0 aliphatic carbocycles. The molecule has 0 amide bonds. The number of hydrogen-bond donors (Lipinski definition) is 0. The number of carbonyl (C=O) groups excluding carboxylic acids is 1. The van der Waals surface area contributed by atoms with Gasteiger partial charge in [-0.15, -0.1) is 0 Å². The van der Waals surface area contributed by atoms with Crippen molar-refractivity contribution < 1.29 is 9.53 Å². The molecule has 3 heteroatoms. The van der Waals surface area contributed by atoms with E-state index < -0.39 is 0 Å². The number of ketones is 1. The van der Waals surface area contributed by atoms with Gasteiger partial charge in [0.1, 0.15) is 11.5 Å². The molecule has 1 rings (SSSR count). The molecule has 0 heterocycles. The first-order valence-corrected chi connectivity index (χ1v) is 6.65. The molecule has 1 aromatic rings. The summed E-state index contributed by atoms with van der Waals surface area (Å²) in [5.41, 5.74) is 2.40. The van der Waals surface area contributed by atoms with Crippen molar-refractivity contribution in [1.29, 1.82) is 0 Å². The Hall–Kier alpha value is -1.51. The van der Waals surface area contributed by atoms with Crippen LogP contribution in [0.15, 0.2) is 18.2 Å². The first-order valence-electron chi connectivity index (χ1n) is 6.65. The number of nitrogens with zero attached hydrogens (tertiary/aromatic N) is 1.